The molecule has 0 saturated heterocycles. The van der Waals surface area contributed by atoms with Crippen molar-refractivity contribution in [1.29, 1.82) is 0 Å². The molecule has 1 N–H and O–H groups in total. The van der Waals surface area contributed by atoms with Gasteiger partial charge in [-0.1, -0.05) is 74.8 Å². The normalized spacial score (nSPS) is 14.3. The van der Waals surface area contributed by atoms with Crippen LogP contribution >= 0.6 is 11.6 Å². The van der Waals surface area contributed by atoms with Crippen LogP contribution < -0.4 is 0 Å². The number of nitrogens with zero attached hydrogens (tertiary/aromatic N) is 3. The van der Waals surface area contributed by atoms with E-state index < -0.39 is 11.0 Å². The Balaban J connectivity index is 2.05. The van der Waals surface area contributed by atoms with Crippen molar-refractivity contribution in [2.75, 3.05) is 0 Å². The molecule has 0 bridgehead atoms. The van der Waals surface area contributed by atoms with Gasteiger partial charge in [-0.3, -0.25) is 0 Å². The Morgan fingerprint density at radius 2 is 1.76 bits per heavy atom. The van der Waals surface area contributed by atoms with Crippen LogP contribution in [0.1, 0.15) is 26.3 Å². The number of hydrogen-bond acceptors (Lipinski definition) is 3. The van der Waals surface area contributed by atoms with Gasteiger partial charge in [0.15, 0.2) is 0 Å². The molecular formula is C20H22ClN3O. The molecule has 3 rings (SSSR count). The molecule has 0 spiro atoms. The Bertz CT molecular complexity index is 841. The Labute approximate surface area is 153 Å². The van der Waals surface area contributed by atoms with E-state index in [9.17, 15) is 5.11 Å². The molecule has 2 aromatic carbocycles. The van der Waals surface area contributed by atoms with E-state index in [1.807, 2.05) is 69.3 Å². The second-order valence-electron chi connectivity index (χ2n) is 7.26. The van der Waals surface area contributed by atoms with Crippen LogP contribution in [0.4, 0.5) is 0 Å². The summed E-state index contributed by atoms with van der Waals surface area (Å²) >= 11 is 6.60. The molecule has 3 aromatic rings. The van der Waals surface area contributed by atoms with Crippen molar-refractivity contribution in [2.24, 2.45) is 5.41 Å². The van der Waals surface area contributed by atoms with E-state index in [4.69, 9.17) is 11.6 Å². The number of aliphatic hydroxyl groups is 1. The van der Waals surface area contributed by atoms with Crippen LogP contribution in [0.5, 0.6) is 0 Å². The minimum Gasteiger partial charge on any atom is -0.383 e. The Hall–Kier alpha value is -2.17. The highest BCUT2D eigenvalue weighted by molar-refractivity contribution is 6.31. The Morgan fingerprint density at radius 3 is 2.32 bits per heavy atom. The number of aromatic nitrogens is 3. The average molecular weight is 356 g/mol. The molecule has 0 aliphatic carbocycles. The van der Waals surface area contributed by atoms with Gasteiger partial charge in [-0.15, -0.1) is 0 Å². The van der Waals surface area contributed by atoms with Crippen LogP contribution in [0, 0.1) is 5.41 Å². The third kappa shape index (κ3) is 3.46. The van der Waals surface area contributed by atoms with Crippen LogP contribution in [0.25, 0.3) is 11.1 Å². The lowest BCUT2D eigenvalue weighted by Crippen LogP contribution is -2.44. The van der Waals surface area contributed by atoms with E-state index in [1.54, 1.807) is 11.0 Å². The first-order chi connectivity index (χ1) is 11.8. The van der Waals surface area contributed by atoms with Crippen LogP contribution in [0.15, 0.2) is 61.2 Å². The minimum absolute atomic E-state index is 0.279. The van der Waals surface area contributed by atoms with Crippen LogP contribution in [-0.2, 0) is 12.1 Å². The molecule has 130 valence electrons. The summed E-state index contributed by atoms with van der Waals surface area (Å²) in [6, 6.07) is 15.9. The molecule has 0 amide bonds. The third-order valence-electron chi connectivity index (χ3n) is 4.62. The van der Waals surface area contributed by atoms with Gasteiger partial charge in [0.1, 0.15) is 18.3 Å². The number of rotatable bonds is 4. The van der Waals surface area contributed by atoms with Crippen LogP contribution in [0.2, 0.25) is 5.02 Å². The highest BCUT2D eigenvalue weighted by atomic mass is 35.5. The summed E-state index contributed by atoms with van der Waals surface area (Å²) in [5, 5.41) is 16.2. The SMILES string of the molecule is CC(C)(C)C(O)(Cn1cncn1)c1ccc(-c2ccccc2)cc1Cl. The second kappa shape index (κ2) is 6.62. The van der Waals surface area contributed by atoms with Gasteiger partial charge in [0.05, 0.1) is 6.54 Å². The molecule has 1 atom stereocenters. The molecule has 1 unspecified atom stereocenters. The first-order valence-corrected chi connectivity index (χ1v) is 8.59. The zero-order valence-corrected chi connectivity index (χ0v) is 15.4. The highest BCUT2D eigenvalue weighted by Gasteiger charge is 2.43. The van der Waals surface area contributed by atoms with Crippen LogP contribution in [0.3, 0.4) is 0 Å². The lowest BCUT2D eigenvalue weighted by molar-refractivity contribution is -0.0803. The lowest BCUT2D eigenvalue weighted by Gasteiger charge is -2.41. The van der Waals surface area contributed by atoms with Gasteiger partial charge in [0, 0.05) is 10.6 Å². The first-order valence-electron chi connectivity index (χ1n) is 8.21. The lowest BCUT2D eigenvalue weighted by atomic mass is 9.72. The van der Waals surface area contributed by atoms with E-state index in [-0.39, 0.29) is 6.54 Å². The largest absolute Gasteiger partial charge is 0.383 e. The average Bonchev–Trinajstić information content (AvgIpc) is 3.07. The van der Waals surface area contributed by atoms with Crippen molar-refractivity contribution in [3.63, 3.8) is 0 Å². The molecule has 0 aliphatic heterocycles. The van der Waals surface area contributed by atoms with Crippen molar-refractivity contribution >= 4 is 11.6 Å². The molecule has 1 aromatic heterocycles. The van der Waals surface area contributed by atoms with Gasteiger partial charge < -0.3 is 5.11 Å². The zero-order chi connectivity index (χ0) is 18.1. The van der Waals surface area contributed by atoms with Crippen molar-refractivity contribution in [3.05, 3.63) is 71.8 Å². The first kappa shape index (κ1) is 17.6. The monoisotopic (exact) mass is 355 g/mol. The van der Waals surface area contributed by atoms with Gasteiger partial charge in [-0.05, 0) is 22.6 Å². The predicted octanol–water partition coefficient (Wildman–Crippen LogP) is 4.53. The topological polar surface area (TPSA) is 50.9 Å². The quantitative estimate of drug-likeness (QED) is 0.747. The summed E-state index contributed by atoms with van der Waals surface area (Å²) in [6.07, 6.45) is 3.06. The highest BCUT2D eigenvalue weighted by Crippen LogP contribution is 2.44. The van der Waals surface area contributed by atoms with Gasteiger partial charge in [-0.2, -0.15) is 5.10 Å². The maximum Gasteiger partial charge on any atom is 0.137 e. The molecule has 0 saturated carbocycles. The smallest absolute Gasteiger partial charge is 0.137 e. The van der Waals surface area contributed by atoms with E-state index in [0.717, 1.165) is 11.1 Å². The third-order valence-corrected chi connectivity index (χ3v) is 4.93. The number of benzene rings is 2. The molecule has 0 aliphatic rings. The van der Waals surface area contributed by atoms with E-state index in [2.05, 4.69) is 10.1 Å². The van der Waals surface area contributed by atoms with Gasteiger partial charge in [-0.25, -0.2) is 9.67 Å². The minimum atomic E-state index is -1.19. The summed E-state index contributed by atoms with van der Waals surface area (Å²) in [5.74, 6) is 0. The van der Waals surface area contributed by atoms with Gasteiger partial charge >= 0.3 is 0 Å². The standard InChI is InChI=1S/C20H22ClN3O/c1-19(2,3)20(25,12-24-14-22-13-23-24)17-10-9-16(11-18(17)21)15-7-5-4-6-8-15/h4-11,13-14,25H,12H2,1-3H3. The fourth-order valence-electron chi connectivity index (χ4n) is 2.94. The maximum atomic E-state index is 11.6. The van der Waals surface area contributed by atoms with E-state index in [0.29, 0.717) is 10.6 Å². The maximum absolute atomic E-state index is 11.6. The molecule has 5 heteroatoms. The second-order valence-corrected chi connectivity index (χ2v) is 7.67. The van der Waals surface area contributed by atoms with Crippen molar-refractivity contribution in [2.45, 2.75) is 32.9 Å². The van der Waals surface area contributed by atoms with Crippen molar-refractivity contribution in [3.8, 4) is 11.1 Å². The van der Waals surface area contributed by atoms with Gasteiger partial charge in [0.2, 0.25) is 0 Å². The number of hydrogen-bond donors (Lipinski definition) is 1. The van der Waals surface area contributed by atoms with Crippen molar-refractivity contribution < 1.29 is 5.11 Å². The summed E-state index contributed by atoms with van der Waals surface area (Å²) < 4.78 is 1.63. The summed E-state index contributed by atoms with van der Waals surface area (Å²) in [5.41, 5.74) is 1.17. The van der Waals surface area contributed by atoms with Crippen molar-refractivity contribution in [1.82, 2.24) is 14.8 Å². The summed E-state index contributed by atoms with van der Waals surface area (Å²) in [7, 11) is 0. The molecule has 0 fully saturated rings. The van der Waals surface area contributed by atoms with E-state index >= 15 is 0 Å². The summed E-state index contributed by atoms with van der Waals surface area (Å²) in [6.45, 7) is 6.25. The van der Waals surface area contributed by atoms with Crippen LogP contribution in [-0.4, -0.2) is 19.9 Å². The Morgan fingerprint density at radius 1 is 1.04 bits per heavy atom. The summed E-state index contributed by atoms with van der Waals surface area (Å²) in [4.78, 5) is 3.97. The fraction of sp³-hybridized carbons (Fsp3) is 0.300. The zero-order valence-electron chi connectivity index (χ0n) is 14.6. The Kier molecular flexibility index (Phi) is 4.67. The fourth-order valence-corrected chi connectivity index (χ4v) is 3.27. The molecule has 0 radical (unpaired) electrons. The molecule has 4 nitrogen and oxygen atoms in total. The molecule has 25 heavy (non-hydrogen) atoms. The van der Waals surface area contributed by atoms with Gasteiger partial charge in [0.25, 0.3) is 0 Å². The molecule has 1 heterocycles. The molecular weight excluding hydrogens is 334 g/mol. The predicted molar refractivity (Wildman–Crippen MR) is 100 cm³/mol. The number of halogens is 1. The van der Waals surface area contributed by atoms with E-state index in [1.165, 1.54) is 6.33 Å².